The van der Waals surface area contributed by atoms with Gasteiger partial charge in [0.2, 0.25) is 6.41 Å². The fourth-order valence-corrected chi connectivity index (χ4v) is 2.86. The maximum atomic E-state index is 12.4. The van der Waals surface area contributed by atoms with Crippen LogP contribution in [0.2, 0.25) is 0 Å². The second-order valence-electron chi connectivity index (χ2n) is 6.79. The molecule has 28 heavy (non-hydrogen) atoms. The van der Waals surface area contributed by atoms with Gasteiger partial charge < -0.3 is 10.2 Å². The van der Waals surface area contributed by atoms with Gasteiger partial charge >= 0.3 is 6.18 Å². The molecule has 1 aromatic heterocycles. The first-order chi connectivity index (χ1) is 13.3. The molecular formula is C20H25F3N4O. The second-order valence-corrected chi connectivity index (χ2v) is 6.79. The van der Waals surface area contributed by atoms with Gasteiger partial charge in [-0.3, -0.25) is 4.79 Å². The van der Waals surface area contributed by atoms with Crippen LogP contribution in [0, 0.1) is 6.92 Å². The van der Waals surface area contributed by atoms with Crippen LogP contribution in [0.15, 0.2) is 36.7 Å². The highest BCUT2D eigenvalue weighted by Gasteiger charge is 2.29. The summed E-state index contributed by atoms with van der Waals surface area (Å²) in [5.74, 6) is 0. The number of aryl methyl sites for hydroxylation is 1. The summed E-state index contributed by atoms with van der Waals surface area (Å²) in [5, 5.41) is 3.39. The minimum Gasteiger partial charge on any atom is -0.348 e. The molecule has 0 bridgehead atoms. The number of nitrogens with one attached hydrogen (secondary N) is 1. The third-order valence-electron chi connectivity index (χ3n) is 4.48. The van der Waals surface area contributed by atoms with Gasteiger partial charge in [0.15, 0.2) is 0 Å². The Labute approximate surface area is 163 Å². The van der Waals surface area contributed by atoms with Crippen molar-refractivity contribution in [1.29, 1.82) is 0 Å². The first-order valence-electron chi connectivity index (χ1n) is 9.15. The van der Waals surface area contributed by atoms with Gasteiger partial charge in [0.25, 0.3) is 0 Å². The van der Waals surface area contributed by atoms with Crippen molar-refractivity contribution in [3.05, 3.63) is 47.9 Å². The number of aromatic nitrogens is 2. The number of carbonyl (C=O) groups excluding carboxylic acids is 1. The van der Waals surface area contributed by atoms with Gasteiger partial charge in [-0.25, -0.2) is 9.97 Å². The molecule has 1 fully saturated rings. The highest BCUT2D eigenvalue weighted by atomic mass is 19.4. The fourth-order valence-electron chi connectivity index (χ4n) is 2.86. The first-order valence-corrected chi connectivity index (χ1v) is 9.15. The molecule has 1 aromatic carbocycles. The van der Waals surface area contributed by atoms with Gasteiger partial charge in [-0.15, -0.1) is 0 Å². The van der Waals surface area contributed by atoms with E-state index >= 15 is 0 Å². The summed E-state index contributed by atoms with van der Waals surface area (Å²) in [5.41, 5.74) is 1.37. The van der Waals surface area contributed by atoms with Crippen LogP contribution in [0.5, 0.6) is 0 Å². The van der Waals surface area contributed by atoms with Gasteiger partial charge in [-0.05, 0) is 50.9 Å². The summed E-state index contributed by atoms with van der Waals surface area (Å²) >= 11 is 0. The number of hydrogen-bond acceptors (Lipinski definition) is 4. The van der Waals surface area contributed by atoms with E-state index in [0.29, 0.717) is 17.3 Å². The predicted octanol–water partition coefficient (Wildman–Crippen LogP) is 3.69. The van der Waals surface area contributed by atoms with Crippen molar-refractivity contribution in [3.63, 3.8) is 0 Å². The average Bonchev–Trinajstić information content (AvgIpc) is 3.20. The number of rotatable bonds is 5. The Morgan fingerprint density at radius 2 is 1.96 bits per heavy atom. The lowest BCUT2D eigenvalue weighted by Crippen LogP contribution is -2.27. The molecule has 1 atom stereocenters. The Morgan fingerprint density at radius 1 is 1.25 bits per heavy atom. The first kappa shape index (κ1) is 21.8. The van der Waals surface area contributed by atoms with Crippen molar-refractivity contribution in [3.8, 4) is 11.3 Å². The number of amides is 1. The lowest BCUT2D eigenvalue weighted by Gasteiger charge is -2.14. The van der Waals surface area contributed by atoms with Crippen molar-refractivity contribution in [2.24, 2.45) is 0 Å². The van der Waals surface area contributed by atoms with E-state index in [1.54, 1.807) is 17.9 Å². The van der Waals surface area contributed by atoms with E-state index in [1.165, 1.54) is 31.3 Å². The molecule has 1 aliphatic heterocycles. The minimum atomic E-state index is -4.31. The molecule has 0 radical (unpaired) electrons. The zero-order chi connectivity index (χ0) is 20.6. The second kappa shape index (κ2) is 10.2. The zero-order valence-corrected chi connectivity index (χ0v) is 16.0. The summed E-state index contributed by atoms with van der Waals surface area (Å²) in [6, 6.07) is 7.29. The third-order valence-corrected chi connectivity index (χ3v) is 4.48. The van der Waals surface area contributed by atoms with Gasteiger partial charge in [0.1, 0.15) is 6.33 Å². The molecule has 152 valence electrons. The van der Waals surface area contributed by atoms with Crippen LogP contribution in [-0.2, 0) is 11.0 Å². The maximum Gasteiger partial charge on any atom is 0.416 e. The molecule has 2 heterocycles. The molecular weight excluding hydrogens is 369 g/mol. The van der Waals surface area contributed by atoms with E-state index in [9.17, 15) is 18.0 Å². The quantitative estimate of drug-likeness (QED) is 0.786. The van der Waals surface area contributed by atoms with Gasteiger partial charge in [0.05, 0.1) is 11.3 Å². The summed E-state index contributed by atoms with van der Waals surface area (Å²) in [6.07, 6.45) is 1.62. The molecule has 5 nitrogen and oxygen atoms in total. The maximum absolute atomic E-state index is 12.4. The standard InChI is InChI=1S/C12H9F3N2.C8H16N2O/c1-8-6-11(17-7-16-8)9-2-4-10(5-3-9)12(13,14)15;1-10(7-11)6-4-8-3-2-5-9-8/h2-7H,1H3;7-9H,2-6H2,1H3. The zero-order valence-electron chi connectivity index (χ0n) is 16.0. The Bertz CT molecular complexity index is 744. The number of hydrogen-bond donors (Lipinski definition) is 1. The number of halogens is 3. The van der Waals surface area contributed by atoms with Crippen LogP contribution in [0.3, 0.4) is 0 Å². The van der Waals surface area contributed by atoms with Gasteiger partial charge in [-0.2, -0.15) is 13.2 Å². The summed E-state index contributed by atoms with van der Waals surface area (Å²) in [6.45, 7) is 3.83. The summed E-state index contributed by atoms with van der Waals surface area (Å²) in [4.78, 5) is 19.8. The third kappa shape index (κ3) is 6.92. The van der Waals surface area contributed by atoms with E-state index in [0.717, 1.165) is 43.7 Å². The number of carbonyl (C=O) groups is 1. The van der Waals surface area contributed by atoms with E-state index in [4.69, 9.17) is 0 Å². The molecule has 1 N–H and O–H groups in total. The van der Waals surface area contributed by atoms with Crippen LogP contribution in [-0.4, -0.2) is 47.5 Å². The Kier molecular flexibility index (Phi) is 7.92. The topological polar surface area (TPSA) is 58.1 Å². The van der Waals surface area contributed by atoms with Crippen molar-refractivity contribution in [1.82, 2.24) is 20.2 Å². The lowest BCUT2D eigenvalue weighted by molar-refractivity contribution is -0.137. The normalized spacial score (nSPS) is 16.2. The molecule has 2 aromatic rings. The van der Waals surface area contributed by atoms with Crippen LogP contribution in [0.1, 0.15) is 30.5 Å². The smallest absolute Gasteiger partial charge is 0.348 e. The Hall–Kier alpha value is -2.48. The van der Waals surface area contributed by atoms with Crippen LogP contribution >= 0.6 is 0 Å². The number of benzene rings is 1. The van der Waals surface area contributed by atoms with E-state index < -0.39 is 11.7 Å². The predicted molar refractivity (Wildman–Crippen MR) is 102 cm³/mol. The SMILES string of the molecule is CN(C=O)CCC1CCCN1.Cc1cc(-c2ccc(C(F)(F)F)cc2)ncn1. The molecule has 1 aliphatic rings. The fraction of sp³-hybridized carbons (Fsp3) is 0.450. The highest BCUT2D eigenvalue weighted by molar-refractivity contribution is 5.59. The molecule has 1 saturated heterocycles. The van der Waals surface area contributed by atoms with Gasteiger partial charge in [-0.1, -0.05) is 12.1 Å². The summed E-state index contributed by atoms with van der Waals surface area (Å²) < 4.78 is 37.1. The largest absolute Gasteiger partial charge is 0.416 e. The van der Waals surface area contributed by atoms with E-state index in [1.807, 2.05) is 7.05 Å². The van der Waals surface area contributed by atoms with Crippen molar-refractivity contribution in [2.75, 3.05) is 20.1 Å². The molecule has 8 heteroatoms. The number of alkyl halides is 3. The van der Waals surface area contributed by atoms with Crippen LogP contribution in [0.4, 0.5) is 13.2 Å². The molecule has 1 unspecified atom stereocenters. The Morgan fingerprint density at radius 3 is 2.50 bits per heavy atom. The number of nitrogens with zero attached hydrogens (tertiary/aromatic N) is 3. The monoisotopic (exact) mass is 394 g/mol. The van der Waals surface area contributed by atoms with Crippen molar-refractivity contribution < 1.29 is 18.0 Å². The van der Waals surface area contributed by atoms with E-state index in [-0.39, 0.29) is 0 Å². The van der Waals surface area contributed by atoms with Crippen LogP contribution < -0.4 is 5.32 Å². The molecule has 1 amide bonds. The molecule has 0 spiro atoms. The van der Waals surface area contributed by atoms with Crippen molar-refractivity contribution in [2.45, 2.75) is 38.4 Å². The summed E-state index contributed by atoms with van der Waals surface area (Å²) in [7, 11) is 1.82. The molecule has 0 saturated carbocycles. The van der Waals surface area contributed by atoms with E-state index in [2.05, 4.69) is 15.3 Å². The molecule has 0 aliphatic carbocycles. The highest BCUT2D eigenvalue weighted by Crippen LogP contribution is 2.30. The molecule has 3 rings (SSSR count). The van der Waals surface area contributed by atoms with Crippen molar-refractivity contribution >= 4 is 6.41 Å². The average molecular weight is 394 g/mol. The lowest BCUT2D eigenvalue weighted by atomic mass is 10.1. The minimum absolute atomic E-state index is 0.617. The Balaban J connectivity index is 0.000000221. The van der Waals surface area contributed by atoms with Crippen LogP contribution in [0.25, 0.3) is 11.3 Å². The van der Waals surface area contributed by atoms with Gasteiger partial charge in [0, 0.05) is 30.9 Å².